The summed E-state index contributed by atoms with van der Waals surface area (Å²) in [5.74, 6) is -1.01. The standard InChI is InChI=1S/C14H20N2O4S/c1-20-14(17)12-6-2-3-7-13(12)21(18,19)16-10-11-5-4-8-15-9-11/h4-5,8-9,12-13,16H,2-3,6-7,10H2,1H3/t12-,13-/m1/s1. The van der Waals surface area contributed by atoms with E-state index in [1.807, 2.05) is 0 Å². The first-order valence-corrected chi connectivity index (χ1v) is 8.54. The van der Waals surface area contributed by atoms with Gasteiger partial charge in [0.15, 0.2) is 0 Å². The van der Waals surface area contributed by atoms with Gasteiger partial charge in [-0.15, -0.1) is 0 Å². The topological polar surface area (TPSA) is 85.4 Å². The quantitative estimate of drug-likeness (QED) is 0.827. The van der Waals surface area contributed by atoms with E-state index < -0.39 is 27.2 Å². The van der Waals surface area contributed by atoms with Crippen LogP contribution in [-0.4, -0.2) is 31.7 Å². The maximum absolute atomic E-state index is 12.5. The molecule has 0 unspecified atom stereocenters. The fraction of sp³-hybridized carbons (Fsp3) is 0.571. The third kappa shape index (κ3) is 4.01. The first kappa shape index (κ1) is 15.9. The Morgan fingerprint density at radius 2 is 2.19 bits per heavy atom. The summed E-state index contributed by atoms with van der Waals surface area (Å²) in [7, 11) is -2.27. The maximum atomic E-state index is 12.5. The highest BCUT2D eigenvalue weighted by molar-refractivity contribution is 7.90. The Morgan fingerprint density at radius 3 is 2.86 bits per heavy atom. The average molecular weight is 312 g/mol. The van der Waals surface area contributed by atoms with Crippen LogP contribution in [-0.2, 0) is 26.1 Å². The zero-order valence-corrected chi connectivity index (χ0v) is 12.8. The number of sulfonamides is 1. The number of nitrogens with one attached hydrogen (secondary N) is 1. The minimum absolute atomic E-state index is 0.181. The van der Waals surface area contributed by atoms with Gasteiger partial charge < -0.3 is 4.74 Å². The highest BCUT2D eigenvalue weighted by atomic mass is 32.2. The number of pyridine rings is 1. The van der Waals surface area contributed by atoms with Crippen molar-refractivity contribution in [3.8, 4) is 0 Å². The van der Waals surface area contributed by atoms with Crippen molar-refractivity contribution in [1.29, 1.82) is 0 Å². The maximum Gasteiger partial charge on any atom is 0.310 e. The van der Waals surface area contributed by atoms with Crippen LogP contribution in [0.1, 0.15) is 31.2 Å². The van der Waals surface area contributed by atoms with Crippen LogP contribution >= 0.6 is 0 Å². The predicted molar refractivity (Wildman–Crippen MR) is 77.8 cm³/mol. The second-order valence-electron chi connectivity index (χ2n) is 5.18. The van der Waals surface area contributed by atoms with Crippen molar-refractivity contribution in [2.75, 3.05) is 7.11 Å². The van der Waals surface area contributed by atoms with Crippen molar-refractivity contribution in [1.82, 2.24) is 9.71 Å². The van der Waals surface area contributed by atoms with Gasteiger partial charge in [-0.25, -0.2) is 13.1 Å². The van der Waals surface area contributed by atoms with Gasteiger partial charge in [-0.1, -0.05) is 18.9 Å². The van der Waals surface area contributed by atoms with E-state index in [-0.39, 0.29) is 6.54 Å². The third-order valence-electron chi connectivity index (χ3n) is 3.81. The van der Waals surface area contributed by atoms with Crippen molar-refractivity contribution >= 4 is 16.0 Å². The average Bonchev–Trinajstić information content (AvgIpc) is 2.53. The van der Waals surface area contributed by atoms with E-state index in [1.54, 1.807) is 24.5 Å². The number of esters is 1. The lowest BCUT2D eigenvalue weighted by atomic mass is 9.89. The molecule has 6 nitrogen and oxygen atoms in total. The van der Waals surface area contributed by atoms with Crippen molar-refractivity contribution in [3.05, 3.63) is 30.1 Å². The number of carbonyl (C=O) groups excluding carboxylic acids is 1. The van der Waals surface area contributed by atoms with Crippen LogP contribution in [0.25, 0.3) is 0 Å². The molecule has 0 saturated heterocycles. The Morgan fingerprint density at radius 1 is 1.43 bits per heavy atom. The molecule has 7 heteroatoms. The number of carbonyl (C=O) groups is 1. The number of hydrogen-bond acceptors (Lipinski definition) is 5. The highest BCUT2D eigenvalue weighted by Gasteiger charge is 2.40. The van der Waals surface area contributed by atoms with Crippen LogP contribution < -0.4 is 4.72 Å². The molecule has 0 aromatic carbocycles. The summed E-state index contributed by atoms with van der Waals surface area (Å²) in [6, 6.07) is 3.55. The number of aromatic nitrogens is 1. The van der Waals surface area contributed by atoms with Crippen LogP contribution in [0.3, 0.4) is 0 Å². The van der Waals surface area contributed by atoms with Gasteiger partial charge in [0, 0.05) is 18.9 Å². The van der Waals surface area contributed by atoms with Gasteiger partial charge in [0.2, 0.25) is 10.0 Å². The molecule has 1 aromatic rings. The van der Waals surface area contributed by atoms with E-state index in [1.165, 1.54) is 7.11 Å². The molecular weight excluding hydrogens is 292 g/mol. The molecule has 1 aliphatic rings. The minimum atomic E-state index is -3.56. The third-order valence-corrected chi connectivity index (χ3v) is 5.71. The number of methoxy groups -OCH3 is 1. The lowest BCUT2D eigenvalue weighted by Gasteiger charge is -2.29. The van der Waals surface area contributed by atoms with Crippen molar-refractivity contribution in [3.63, 3.8) is 0 Å². The number of rotatable bonds is 5. The Kier molecular flexibility index (Phi) is 5.30. The summed E-state index contributed by atoms with van der Waals surface area (Å²) in [5, 5.41) is -0.713. The first-order valence-electron chi connectivity index (χ1n) is 7.00. The lowest BCUT2D eigenvalue weighted by molar-refractivity contribution is -0.146. The highest BCUT2D eigenvalue weighted by Crippen LogP contribution is 2.30. The van der Waals surface area contributed by atoms with E-state index in [0.29, 0.717) is 12.8 Å². The number of hydrogen-bond donors (Lipinski definition) is 1. The van der Waals surface area contributed by atoms with Gasteiger partial charge in [-0.05, 0) is 24.5 Å². The molecule has 0 bridgehead atoms. The summed E-state index contributed by atoms with van der Waals surface area (Å²) < 4.78 is 32.2. The van der Waals surface area contributed by atoms with Crippen LogP contribution in [0.5, 0.6) is 0 Å². The van der Waals surface area contributed by atoms with Crippen LogP contribution in [0.2, 0.25) is 0 Å². The Hall–Kier alpha value is -1.47. The van der Waals surface area contributed by atoms with Gasteiger partial charge in [0.05, 0.1) is 18.3 Å². The summed E-state index contributed by atoms with van der Waals surface area (Å²) in [6.07, 6.45) is 5.96. The largest absolute Gasteiger partial charge is 0.469 e. The monoisotopic (exact) mass is 312 g/mol. The molecule has 0 spiro atoms. The van der Waals surface area contributed by atoms with E-state index >= 15 is 0 Å². The summed E-state index contributed by atoms with van der Waals surface area (Å²) in [4.78, 5) is 15.7. The van der Waals surface area contributed by atoms with Crippen LogP contribution in [0.4, 0.5) is 0 Å². The molecule has 1 N–H and O–H groups in total. The molecule has 0 aliphatic heterocycles. The molecule has 0 radical (unpaired) electrons. The van der Waals surface area contributed by atoms with Crippen molar-refractivity contribution in [2.24, 2.45) is 5.92 Å². The van der Waals surface area contributed by atoms with E-state index in [2.05, 4.69) is 9.71 Å². The normalized spacial score (nSPS) is 22.7. The first-order chi connectivity index (χ1) is 10.0. The SMILES string of the molecule is COC(=O)[C@@H]1CCCC[C@H]1S(=O)(=O)NCc1cccnc1. The Bertz CT molecular complexity index is 574. The van der Waals surface area contributed by atoms with E-state index in [0.717, 1.165) is 18.4 Å². The zero-order chi connectivity index (χ0) is 15.3. The fourth-order valence-corrected chi connectivity index (χ4v) is 4.42. The number of ether oxygens (including phenoxy) is 1. The lowest BCUT2D eigenvalue weighted by Crippen LogP contribution is -2.43. The smallest absolute Gasteiger partial charge is 0.310 e. The second kappa shape index (κ2) is 7.00. The van der Waals surface area contributed by atoms with Crippen molar-refractivity contribution in [2.45, 2.75) is 37.5 Å². The molecule has 21 heavy (non-hydrogen) atoms. The molecule has 2 rings (SSSR count). The van der Waals surface area contributed by atoms with Gasteiger partial charge in [0.1, 0.15) is 0 Å². The minimum Gasteiger partial charge on any atom is -0.469 e. The summed E-state index contributed by atoms with van der Waals surface area (Å²) in [5.41, 5.74) is 0.784. The predicted octanol–water partition coefficient (Wildman–Crippen LogP) is 1.23. The number of nitrogens with zero attached hydrogens (tertiary/aromatic N) is 1. The molecule has 1 aliphatic carbocycles. The Balaban J connectivity index is 2.07. The molecule has 116 valence electrons. The van der Waals surface area contributed by atoms with E-state index in [4.69, 9.17) is 4.74 Å². The molecule has 1 aromatic heterocycles. The second-order valence-corrected chi connectivity index (χ2v) is 7.16. The van der Waals surface area contributed by atoms with Gasteiger partial charge in [0.25, 0.3) is 0 Å². The summed E-state index contributed by atoms with van der Waals surface area (Å²) >= 11 is 0. The molecule has 1 fully saturated rings. The molecule has 1 saturated carbocycles. The summed E-state index contributed by atoms with van der Waals surface area (Å²) in [6.45, 7) is 0.181. The van der Waals surface area contributed by atoms with Gasteiger partial charge in [-0.2, -0.15) is 0 Å². The van der Waals surface area contributed by atoms with E-state index in [9.17, 15) is 13.2 Å². The van der Waals surface area contributed by atoms with Crippen LogP contribution in [0.15, 0.2) is 24.5 Å². The molecule has 1 heterocycles. The van der Waals surface area contributed by atoms with Crippen molar-refractivity contribution < 1.29 is 17.9 Å². The Labute approximate surface area is 125 Å². The molecule has 0 amide bonds. The molecular formula is C14H20N2O4S. The fourth-order valence-electron chi connectivity index (χ4n) is 2.68. The molecule has 2 atom stereocenters. The van der Waals surface area contributed by atoms with Gasteiger partial charge >= 0.3 is 5.97 Å². The van der Waals surface area contributed by atoms with Crippen LogP contribution in [0, 0.1) is 5.92 Å². The van der Waals surface area contributed by atoms with Gasteiger partial charge in [-0.3, -0.25) is 9.78 Å². The zero-order valence-electron chi connectivity index (χ0n) is 12.0.